The third kappa shape index (κ3) is 6.98. The van der Waals surface area contributed by atoms with Crippen molar-refractivity contribution in [2.24, 2.45) is 0 Å². The van der Waals surface area contributed by atoms with Crippen LogP contribution in [0.1, 0.15) is 82.1 Å². The van der Waals surface area contributed by atoms with Crippen LogP contribution in [0, 0.1) is 0 Å². The molecule has 1 aliphatic carbocycles. The van der Waals surface area contributed by atoms with E-state index >= 15 is 0 Å². The molecule has 0 radical (unpaired) electrons. The number of phenolic OH excluding ortho intramolecular Hbond substituents is 1. The Balaban J connectivity index is 0.795. The highest BCUT2D eigenvalue weighted by Gasteiger charge is 2.40. The number of amides is 3. The highest BCUT2D eigenvalue weighted by molar-refractivity contribution is 6.05. The maximum absolute atomic E-state index is 13.2. The van der Waals surface area contributed by atoms with Crippen LogP contribution in [0.3, 0.4) is 0 Å². The van der Waals surface area contributed by atoms with E-state index in [-0.39, 0.29) is 24.2 Å². The number of hydrogen-bond donors (Lipinski definition) is 3. The van der Waals surface area contributed by atoms with E-state index in [1.165, 1.54) is 27.9 Å². The predicted octanol–water partition coefficient (Wildman–Crippen LogP) is 5.17. The number of aryl methyl sites for hydroxylation is 1. The molecule has 9 rings (SSSR count). The fourth-order valence-electron chi connectivity index (χ4n) is 9.85. The van der Waals surface area contributed by atoms with Gasteiger partial charge in [0.05, 0.1) is 5.60 Å². The van der Waals surface area contributed by atoms with E-state index in [1.54, 1.807) is 4.90 Å². The molecule has 0 aromatic heterocycles. The standard InChI is InChI=1S/C45H49N5O5/c51-36-12-15-38-32(27-36)8-13-37(30-4-2-1-3-5-30)42(38)31-6-9-34(10-7-31)49-24-22-47(23-25-49)29-45(55)18-20-48(21-19-45)35-11-14-39-33(26-35)28-50(44(39)54)40-16-17-41(52)46-43(40)53/h1-7,9-12,14-15,26-27,37,40,42,51,55H,8,13,16-25,28-29H2,(H,46,52,53)/t37?,40?,42-/m0/s1. The van der Waals surface area contributed by atoms with E-state index in [9.17, 15) is 24.6 Å². The Morgan fingerprint density at radius 3 is 2.18 bits per heavy atom. The van der Waals surface area contributed by atoms with Gasteiger partial charge in [0.25, 0.3) is 5.91 Å². The fourth-order valence-corrected chi connectivity index (χ4v) is 9.85. The molecule has 284 valence electrons. The van der Waals surface area contributed by atoms with Gasteiger partial charge in [-0.05, 0) is 108 Å². The van der Waals surface area contributed by atoms with Gasteiger partial charge in [-0.1, -0.05) is 48.5 Å². The number of imide groups is 1. The van der Waals surface area contributed by atoms with Crippen LogP contribution in [0.15, 0.2) is 91.0 Å². The van der Waals surface area contributed by atoms with Gasteiger partial charge in [0.1, 0.15) is 11.8 Å². The molecule has 0 bridgehead atoms. The van der Waals surface area contributed by atoms with Crippen LogP contribution in [0.4, 0.5) is 11.4 Å². The van der Waals surface area contributed by atoms with Crippen LogP contribution < -0.4 is 15.1 Å². The number of piperidine rings is 2. The number of aromatic hydroxyl groups is 1. The summed E-state index contributed by atoms with van der Waals surface area (Å²) in [6.07, 6.45) is 3.93. The molecule has 3 amide bonds. The van der Waals surface area contributed by atoms with E-state index < -0.39 is 17.6 Å². The number of carbonyl (C=O) groups is 3. The lowest BCUT2D eigenvalue weighted by Crippen LogP contribution is -2.55. The molecule has 0 spiro atoms. The molecule has 5 aliphatic rings. The summed E-state index contributed by atoms with van der Waals surface area (Å²) in [4.78, 5) is 46.0. The lowest BCUT2D eigenvalue weighted by molar-refractivity contribution is -0.136. The van der Waals surface area contributed by atoms with E-state index in [0.29, 0.717) is 49.6 Å². The van der Waals surface area contributed by atoms with Gasteiger partial charge in [0.15, 0.2) is 0 Å². The van der Waals surface area contributed by atoms with Crippen molar-refractivity contribution in [2.75, 3.05) is 55.6 Å². The van der Waals surface area contributed by atoms with E-state index in [4.69, 9.17) is 0 Å². The number of fused-ring (bicyclic) bond motifs is 2. The van der Waals surface area contributed by atoms with E-state index in [1.807, 2.05) is 24.3 Å². The number of aliphatic hydroxyl groups is 1. The molecule has 3 N–H and O–H groups in total. The smallest absolute Gasteiger partial charge is 0.255 e. The second-order valence-electron chi connectivity index (χ2n) is 16.2. The van der Waals surface area contributed by atoms with Crippen molar-refractivity contribution in [3.8, 4) is 5.75 Å². The van der Waals surface area contributed by atoms with Crippen LogP contribution in [0.25, 0.3) is 0 Å². The number of nitrogens with one attached hydrogen (secondary N) is 1. The molecule has 2 unspecified atom stereocenters. The lowest BCUT2D eigenvalue weighted by Gasteiger charge is -2.44. The first kappa shape index (κ1) is 35.5. The monoisotopic (exact) mass is 739 g/mol. The van der Waals surface area contributed by atoms with Gasteiger partial charge >= 0.3 is 0 Å². The molecule has 10 heteroatoms. The summed E-state index contributed by atoms with van der Waals surface area (Å²) in [5.74, 6) is 0.0937. The zero-order valence-electron chi connectivity index (χ0n) is 31.2. The molecule has 3 fully saturated rings. The summed E-state index contributed by atoms with van der Waals surface area (Å²) in [5, 5.41) is 24.3. The Kier molecular flexibility index (Phi) is 9.34. The third-order valence-electron chi connectivity index (χ3n) is 12.9. The minimum Gasteiger partial charge on any atom is -0.508 e. The van der Waals surface area contributed by atoms with Gasteiger partial charge in [0.2, 0.25) is 11.8 Å². The van der Waals surface area contributed by atoms with Crippen molar-refractivity contribution in [2.45, 2.75) is 68.5 Å². The fraction of sp³-hybridized carbons (Fsp3) is 0.400. The Hall–Kier alpha value is -5.19. The van der Waals surface area contributed by atoms with Crippen molar-refractivity contribution >= 4 is 29.1 Å². The van der Waals surface area contributed by atoms with E-state index in [2.05, 4.69) is 86.7 Å². The van der Waals surface area contributed by atoms with Gasteiger partial charge in [-0.25, -0.2) is 0 Å². The molecular formula is C45H49N5O5. The second-order valence-corrected chi connectivity index (χ2v) is 16.2. The first-order valence-corrected chi connectivity index (χ1v) is 19.9. The van der Waals surface area contributed by atoms with Crippen LogP contribution >= 0.6 is 0 Å². The third-order valence-corrected chi connectivity index (χ3v) is 12.9. The minimum absolute atomic E-state index is 0.161. The summed E-state index contributed by atoms with van der Waals surface area (Å²) < 4.78 is 0. The maximum atomic E-state index is 13.2. The summed E-state index contributed by atoms with van der Waals surface area (Å²) >= 11 is 0. The number of benzene rings is 4. The normalized spacial score (nSPS) is 24.1. The molecule has 3 saturated heterocycles. The second kappa shape index (κ2) is 14.5. The molecule has 4 aromatic rings. The summed E-state index contributed by atoms with van der Waals surface area (Å²) in [6.45, 7) is 6.07. The molecule has 4 aliphatic heterocycles. The average Bonchev–Trinajstić information content (AvgIpc) is 3.53. The Labute approximate surface area is 322 Å². The van der Waals surface area contributed by atoms with Gasteiger partial charge in [-0.3, -0.25) is 24.6 Å². The molecule has 0 saturated carbocycles. The maximum Gasteiger partial charge on any atom is 0.255 e. The Morgan fingerprint density at radius 2 is 1.44 bits per heavy atom. The van der Waals surface area contributed by atoms with Crippen LogP contribution in [0.5, 0.6) is 5.75 Å². The number of carbonyl (C=O) groups excluding carboxylic acids is 3. The number of phenols is 1. The average molecular weight is 740 g/mol. The summed E-state index contributed by atoms with van der Waals surface area (Å²) in [7, 11) is 0. The largest absolute Gasteiger partial charge is 0.508 e. The van der Waals surface area contributed by atoms with Gasteiger partial charge in [-0.2, -0.15) is 0 Å². The van der Waals surface area contributed by atoms with Gasteiger partial charge in [-0.15, -0.1) is 0 Å². The zero-order valence-corrected chi connectivity index (χ0v) is 31.2. The Morgan fingerprint density at radius 1 is 0.709 bits per heavy atom. The van der Waals surface area contributed by atoms with Crippen molar-refractivity contribution in [3.63, 3.8) is 0 Å². The van der Waals surface area contributed by atoms with Crippen molar-refractivity contribution < 1.29 is 24.6 Å². The highest BCUT2D eigenvalue weighted by Crippen LogP contribution is 2.47. The molecule has 4 heterocycles. The van der Waals surface area contributed by atoms with Crippen LogP contribution in [-0.4, -0.2) is 95.2 Å². The number of rotatable bonds is 7. The predicted molar refractivity (Wildman–Crippen MR) is 211 cm³/mol. The van der Waals surface area contributed by atoms with Crippen molar-refractivity contribution in [3.05, 3.63) is 124 Å². The van der Waals surface area contributed by atoms with Crippen LogP contribution in [0.2, 0.25) is 0 Å². The number of β-amino-alcohol motifs (C(OH)–C–C–N with tert-alkyl or cyclic N) is 1. The van der Waals surface area contributed by atoms with E-state index in [0.717, 1.165) is 63.4 Å². The first-order valence-electron chi connectivity index (χ1n) is 19.9. The number of anilines is 2. The van der Waals surface area contributed by atoms with Crippen LogP contribution in [-0.2, 0) is 22.6 Å². The summed E-state index contributed by atoms with van der Waals surface area (Å²) in [6, 6.07) is 31.1. The van der Waals surface area contributed by atoms with Gasteiger partial charge in [0, 0.05) is 81.6 Å². The number of nitrogens with zero attached hydrogens (tertiary/aromatic N) is 4. The minimum atomic E-state index is -0.752. The number of piperazine rings is 1. The molecule has 55 heavy (non-hydrogen) atoms. The quantitative estimate of drug-likeness (QED) is 0.223. The lowest BCUT2D eigenvalue weighted by atomic mass is 9.69. The SMILES string of the molecule is O=C1CCC(N2Cc3cc(N4CCC(O)(CN5CCN(c6ccc([C@@H]7c8ccc(O)cc8CCC7c7ccccc7)cc6)CC5)CC4)ccc3C2=O)C(=O)N1. The van der Waals surface area contributed by atoms with Crippen molar-refractivity contribution in [1.82, 2.24) is 15.1 Å². The number of hydrogen-bond acceptors (Lipinski definition) is 8. The van der Waals surface area contributed by atoms with Crippen molar-refractivity contribution in [1.29, 1.82) is 0 Å². The molecule has 10 nitrogen and oxygen atoms in total. The Bertz CT molecular complexity index is 2090. The first-order chi connectivity index (χ1) is 26.7. The topological polar surface area (TPSA) is 117 Å². The summed E-state index contributed by atoms with van der Waals surface area (Å²) in [5.41, 5.74) is 8.24. The molecular weight excluding hydrogens is 691 g/mol. The molecule has 3 atom stereocenters. The van der Waals surface area contributed by atoms with Gasteiger partial charge < -0.3 is 24.9 Å². The molecule has 4 aromatic carbocycles. The highest BCUT2D eigenvalue weighted by atomic mass is 16.3. The zero-order chi connectivity index (χ0) is 37.7.